The number of carbonyl (C=O) groups is 1. The highest BCUT2D eigenvalue weighted by atomic mass is 32.3. The third kappa shape index (κ3) is 1.87. The van der Waals surface area contributed by atoms with E-state index in [0.717, 1.165) is 11.3 Å². The van der Waals surface area contributed by atoms with E-state index >= 15 is 0 Å². The number of sulfonamides is 1. The molecule has 5 nitrogen and oxygen atoms in total. The molecule has 1 atom stereocenters. The van der Waals surface area contributed by atoms with E-state index in [1.165, 1.54) is 17.8 Å². The lowest BCUT2D eigenvalue weighted by Gasteiger charge is -2.13. The van der Waals surface area contributed by atoms with Gasteiger partial charge in [0.2, 0.25) is 10.0 Å². The molecule has 16 heavy (non-hydrogen) atoms. The molecular formula is C8H6N2O3S3. The number of nitrogens with zero attached hydrogens (tertiary/aromatic N) is 1. The van der Waals surface area contributed by atoms with Crippen LogP contribution in [0.25, 0.3) is 0 Å². The van der Waals surface area contributed by atoms with Gasteiger partial charge in [-0.05, 0) is 6.07 Å². The topological polar surface area (TPSA) is 101 Å². The maximum atomic E-state index is 11.7. The average molecular weight is 274 g/mol. The second kappa shape index (κ2) is 3.85. The maximum absolute atomic E-state index is 11.7. The third-order valence-corrected chi connectivity index (χ3v) is 6.01. The number of Topliss-reactive ketones (excluding diaryl/α,β-unsaturated/α-hetero) is 1. The highest BCUT2D eigenvalue weighted by Gasteiger charge is 2.31. The van der Waals surface area contributed by atoms with Crippen molar-refractivity contribution in [3.63, 3.8) is 0 Å². The Bertz CT molecular complexity index is 597. The largest absolute Gasteiger partial charge is 0.293 e. The van der Waals surface area contributed by atoms with E-state index < -0.39 is 15.9 Å². The molecule has 0 amide bonds. The van der Waals surface area contributed by atoms with Crippen molar-refractivity contribution in [1.29, 1.82) is 5.26 Å². The van der Waals surface area contributed by atoms with Crippen LogP contribution in [0.3, 0.4) is 0 Å². The molecule has 1 aliphatic heterocycles. The minimum absolute atomic E-state index is 0.0306. The fraction of sp³-hybridized carbons (Fsp3) is 0.250. The Morgan fingerprint density at radius 3 is 2.81 bits per heavy atom. The van der Waals surface area contributed by atoms with E-state index in [-0.39, 0.29) is 9.99 Å². The summed E-state index contributed by atoms with van der Waals surface area (Å²) in [5, 5.41) is 13.7. The fourth-order valence-corrected chi connectivity index (χ4v) is 4.64. The predicted molar refractivity (Wildman–Crippen MR) is 59.8 cm³/mol. The third-order valence-electron chi connectivity index (χ3n) is 2.07. The smallest absolute Gasteiger partial charge is 0.247 e. The van der Waals surface area contributed by atoms with Gasteiger partial charge in [0, 0.05) is 11.3 Å². The monoisotopic (exact) mass is 274 g/mol. The minimum atomic E-state index is -3.77. The average Bonchev–Trinajstić information content (AvgIpc) is 2.62. The summed E-state index contributed by atoms with van der Waals surface area (Å²) < 4.78 is 22.8. The first-order valence-corrected chi connectivity index (χ1v) is 7.51. The summed E-state index contributed by atoms with van der Waals surface area (Å²) in [6.07, 6.45) is 0. The molecule has 2 N–H and O–H groups in total. The number of fused-ring (bicyclic) bond motifs is 1. The molecule has 2 rings (SSSR count). The van der Waals surface area contributed by atoms with Crippen molar-refractivity contribution in [2.45, 2.75) is 8.42 Å². The molecule has 0 saturated heterocycles. The van der Waals surface area contributed by atoms with Crippen LogP contribution in [0.5, 0.6) is 0 Å². The van der Waals surface area contributed by atoms with Crippen molar-refractivity contribution in [1.82, 2.24) is 0 Å². The minimum Gasteiger partial charge on any atom is -0.293 e. The molecule has 0 saturated carbocycles. The highest BCUT2D eigenvalue weighted by Crippen LogP contribution is 2.40. The van der Waals surface area contributed by atoms with Gasteiger partial charge in [-0.25, -0.2) is 13.6 Å². The van der Waals surface area contributed by atoms with E-state index in [9.17, 15) is 13.2 Å². The van der Waals surface area contributed by atoms with Crippen LogP contribution < -0.4 is 5.14 Å². The number of primary sulfonamides is 1. The van der Waals surface area contributed by atoms with Crippen molar-refractivity contribution in [2.75, 3.05) is 5.75 Å². The second-order valence-electron chi connectivity index (χ2n) is 3.17. The van der Waals surface area contributed by atoms with Gasteiger partial charge in [0.25, 0.3) is 0 Å². The van der Waals surface area contributed by atoms with Crippen molar-refractivity contribution in [3.8, 4) is 6.07 Å². The van der Waals surface area contributed by atoms with E-state index in [4.69, 9.17) is 10.4 Å². The second-order valence-corrected chi connectivity index (χ2v) is 7.30. The number of ketones is 1. The Morgan fingerprint density at radius 1 is 1.56 bits per heavy atom. The Morgan fingerprint density at radius 2 is 2.25 bits per heavy atom. The summed E-state index contributed by atoms with van der Waals surface area (Å²) in [5.74, 6) is -0.643. The SMILES string of the molecule is N#CC1CSc2sc(S(N)(=O)=O)cc2C1=O. The van der Waals surface area contributed by atoms with Crippen LogP contribution in [0, 0.1) is 17.2 Å². The molecule has 0 radical (unpaired) electrons. The number of thiophene rings is 1. The lowest BCUT2D eigenvalue weighted by Crippen LogP contribution is -2.19. The van der Waals surface area contributed by atoms with Gasteiger partial charge in [-0.15, -0.1) is 23.1 Å². The molecule has 1 aromatic heterocycles. The van der Waals surface area contributed by atoms with Gasteiger partial charge < -0.3 is 0 Å². The first-order chi connectivity index (χ1) is 7.43. The Hall–Kier alpha value is -0.880. The summed E-state index contributed by atoms with van der Waals surface area (Å²) in [6.45, 7) is 0. The highest BCUT2D eigenvalue weighted by molar-refractivity contribution is 8.01. The van der Waals surface area contributed by atoms with Crippen LogP contribution >= 0.6 is 23.1 Å². The van der Waals surface area contributed by atoms with Crippen LogP contribution in [0.2, 0.25) is 0 Å². The van der Waals surface area contributed by atoms with Crippen LogP contribution in [-0.2, 0) is 10.0 Å². The summed E-state index contributed by atoms with van der Waals surface area (Å²) in [4.78, 5) is 11.7. The van der Waals surface area contributed by atoms with Gasteiger partial charge >= 0.3 is 0 Å². The Labute approximate surface area is 100 Å². The molecule has 2 heterocycles. The number of carbonyl (C=O) groups excluding carboxylic acids is 1. The fourth-order valence-electron chi connectivity index (χ4n) is 1.29. The molecular weight excluding hydrogens is 268 g/mol. The zero-order valence-electron chi connectivity index (χ0n) is 7.84. The maximum Gasteiger partial charge on any atom is 0.247 e. The summed E-state index contributed by atoms with van der Waals surface area (Å²) in [7, 11) is -3.77. The first kappa shape index (κ1) is 11.6. The van der Waals surface area contributed by atoms with Crippen LogP contribution in [0.4, 0.5) is 0 Å². The zero-order valence-corrected chi connectivity index (χ0v) is 10.3. The molecule has 0 fully saturated rings. The van der Waals surface area contributed by atoms with Crippen molar-refractivity contribution in [2.24, 2.45) is 11.1 Å². The van der Waals surface area contributed by atoms with E-state index in [1.54, 1.807) is 0 Å². The van der Waals surface area contributed by atoms with Gasteiger partial charge in [-0.1, -0.05) is 0 Å². The normalized spacial score (nSPS) is 20.2. The number of hydrogen-bond acceptors (Lipinski definition) is 6. The number of nitriles is 1. The van der Waals surface area contributed by atoms with E-state index in [2.05, 4.69) is 0 Å². The first-order valence-electron chi connectivity index (χ1n) is 4.16. The van der Waals surface area contributed by atoms with Crippen molar-refractivity contribution >= 4 is 38.9 Å². The van der Waals surface area contributed by atoms with E-state index in [0.29, 0.717) is 15.5 Å². The molecule has 0 aliphatic carbocycles. The quantitative estimate of drug-likeness (QED) is 0.817. The van der Waals surface area contributed by atoms with Crippen LogP contribution in [-0.4, -0.2) is 20.0 Å². The summed E-state index contributed by atoms with van der Waals surface area (Å²) >= 11 is 2.30. The number of rotatable bonds is 1. The van der Waals surface area contributed by atoms with Gasteiger partial charge in [-0.3, -0.25) is 4.79 Å². The number of thioether (sulfide) groups is 1. The Kier molecular flexibility index (Phi) is 2.79. The Balaban J connectivity index is 2.52. The van der Waals surface area contributed by atoms with Crippen molar-refractivity contribution in [3.05, 3.63) is 11.6 Å². The van der Waals surface area contributed by atoms with E-state index in [1.807, 2.05) is 6.07 Å². The van der Waals surface area contributed by atoms with Crippen LogP contribution in [0.15, 0.2) is 14.5 Å². The van der Waals surface area contributed by atoms with Gasteiger partial charge in [-0.2, -0.15) is 5.26 Å². The molecule has 0 aromatic carbocycles. The summed E-state index contributed by atoms with van der Waals surface area (Å²) in [6, 6.07) is 3.15. The molecule has 1 aromatic rings. The molecule has 8 heteroatoms. The molecule has 0 spiro atoms. The molecule has 84 valence electrons. The number of nitrogens with two attached hydrogens (primary N) is 1. The zero-order chi connectivity index (χ0) is 11.9. The molecule has 0 bridgehead atoms. The predicted octanol–water partition coefficient (Wildman–Crippen LogP) is 0.824. The lowest BCUT2D eigenvalue weighted by atomic mass is 10.0. The summed E-state index contributed by atoms with van der Waals surface area (Å²) in [5.41, 5.74) is 0.303. The van der Waals surface area contributed by atoms with Crippen molar-refractivity contribution < 1.29 is 13.2 Å². The van der Waals surface area contributed by atoms with Gasteiger partial charge in [0.1, 0.15) is 10.1 Å². The van der Waals surface area contributed by atoms with Gasteiger partial charge in [0.15, 0.2) is 5.78 Å². The van der Waals surface area contributed by atoms with Crippen LogP contribution in [0.1, 0.15) is 10.4 Å². The molecule has 1 unspecified atom stereocenters. The molecule has 1 aliphatic rings. The lowest BCUT2D eigenvalue weighted by molar-refractivity contribution is 0.0954. The standard InChI is InChI=1S/C8H6N2O3S3/c9-2-4-3-14-8-5(7(4)11)1-6(15-8)16(10,12)13/h1,4H,3H2,(H2,10,12,13). The van der Waals surface area contributed by atoms with Gasteiger partial charge in [0.05, 0.1) is 10.3 Å². The number of hydrogen-bond donors (Lipinski definition) is 1.